The van der Waals surface area contributed by atoms with Crippen molar-refractivity contribution in [2.75, 3.05) is 0 Å². The molecule has 0 fully saturated rings. The van der Waals surface area contributed by atoms with E-state index >= 15 is 0 Å². The summed E-state index contributed by atoms with van der Waals surface area (Å²) >= 11 is 3.40. The summed E-state index contributed by atoms with van der Waals surface area (Å²) in [5.41, 5.74) is 7.50. The fraction of sp³-hybridized carbons (Fsp3) is 0.273. The summed E-state index contributed by atoms with van der Waals surface area (Å²) in [4.78, 5) is 4.02. The van der Waals surface area contributed by atoms with Gasteiger partial charge in [-0.15, -0.1) is 0 Å². The number of hydrogen-bond donors (Lipinski definition) is 1. The van der Waals surface area contributed by atoms with E-state index in [0.29, 0.717) is 5.56 Å². The van der Waals surface area contributed by atoms with Crippen molar-refractivity contribution in [2.24, 2.45) is 5.73 Å². The first-order chi connectivity index (χ1) is 8.06. The van der Waals surface area contributed by atoms with E-state index in [0.717, 1.165) is 15.9 Å². The van der Waals surface area contributed by atoms with E-state index in [-0.39, 0.29) is 12.4 Å². The zero-order valence-corrected chi connectivity index (χ0v) is 11.1. The van der Waals surface area contributed by atoms with Gasteiger partial charge >= 0.3 is 0 Å². The van der Waals surface area contributed by atoms with Crippen molar-refractivity contribution in [1.82, 2.24) is 14.8 Å². The molecule has 0 radical (unpaired) electrons. The van der Waals surface area contributed by atoms with E-state index in [1.54, 1.807) is 6.07 Å². The smallest absolute Gasteiger partial charge is 0.190 e. The zero-order valence-electron chi connectivity index (χ0n) is 9.54. The van der Waals surface area contributed by atoms with Crippen molar-refractivity contribution in [3.05, 3.63) is 39.5 Å². The molecule has 2 aromatic rings. The number of rotatable bonds is 2. The van der Waals surface area contributed by atoms with Crippen LogP contribution in [0.4, 0.5) is 4.39 Å². The molecule has 0 aliphatic rings. The monoisotopic (exact) mass is 298 g/mol. The van der Waals surface area contributed by atoms with Crippen molar-refractivity contribution >= 4 is 15.9 Å². The highest BCUT2D eigenvalue weighted by molar-refractivity contribution is 9.10. The molecular formula is C11H12BrFN4. The van der Waals surface area contributed by atoms with Gasteiger partial charge in [0.05, 0.1) is 15.9 Å². The molecule has 0 atom stereocenters. The van der Waals surface area contributed by atoms with E-state index in [9.17, 15) is 4.39 Å². The Morgan fingerprint density at radius 3 is 2.71 bits per heavy atom. The standard InChI is InChI=1S/C11H12BrFN4/c1-6-9(12)7(2)17(16-6)11-10(13)8(5-14)3-4-15-11/h3-4H,5,14H2,1-2H3. The van der Waals surface area contributed by atoms with Crippen molar-refractivity contribution < 1.29 is 4.39 Å². The fourth-order valence-corrected chi connectivity index (χ4v) is 1.85. The van der Waals surface area contributed by atoms with Crippen LogP contribution >= 0.6 is 15.9 Å². The van der Waals surface area contributed by atoms with Gasteiger partial charge in [-0.05, 0) is 35.8 Å². The van der Waals surface area contributed by atoms with Crippen LogP contribution in [0.2, 0.25) is 0 Å². The van der Waals surface area contributed by atoms with Crippen LogP contribution in [-0.2, 0) is 6.54 Å². The molecule has 2 rings (SSSR count). The second kappa shape index (κ2) is 4.54. The number of pyridine rings is 1. The maximum absolute atomic E-state index is 14.1. The number of nitrogens with two attached hydrogens (primary N) is 1. The van der Waals surface area contributed by atoms with Gasteiger partial charge in [-0.3, -0.25) is 0 Å². The fourth-order valence-electron chi connectivity index (χ4n) is 1.61. The second-order valence-corrected chi connectivity index (χ2v) is 4.50. The van der Waals surface area contributed by atoms with Gasteiger partial charge in [-0.2, -0.15) is 5.10 Å². The summed E-state index contributed by atoms with van der Waals surface area (Å²) in [6.07, 6.45) is 1.53. The van der Waals surface area contributed by atoms with Crippen molar-refractivity contribution in [1.29, 1.82) is 0 Å². The van der Waals surface area contributed by atoms with Crippen LogP contribution in [-0.4, -0.2) is 14.8 Å². The third-order valence-electron chi connectivity index (χ3n) is 2.57. The average molecular weight is 299 g/mol. The minimum absolute atomic E-state index is 0.141. The summed E-state index contributed by atoms with van der Waals surface area (Å²) in [7, 11) is 0. The van der Waals surface area contributed by atoms with Crippen LogP contribution in [0.25, 0.3) is 5.82 Å². The lowest BCUT2D eigenvalue weighted by Crippen LogP contribution is -2.09. The summed E-state index contributed by atoms with van der Waals surface area (Å²) in [6, 6.07) is 1.57. The highest BCUT2D eigenvalue weighted by atomic mass is 79.9. The molecule has 2 heterocycles. The molecule has 0 unspecified atom stereocenters. The minimum Gasteiger partial charge on any atom is -0.326 e. The third kappa shape index (κ3) is 1.98. The maximum atomic E-state index is 14.1. The van der Waals surface area contributed by atoms with Crippen LogP contribution in [0, 0.1) is 19.7 Å². The predicted molar refractivity (Wildman–Crippen MR) is 66.4 cm³/mol. The predicted octanol–water partition coefficient (Wildman–Crippen LogP) is 2.24. The Balaban J connectivity index is 2.64. The zero-order chi connectivity index (χ0) is 12.6. The molecule has 0 aliphatic heterocycles. The summed E-state index contributed by atoms with van der Waals surface area (Å²) in [5, 5.41) is 4.24. The Labute approximate surface area is 107 Å². The van der Waals surface area contributed by atoms with Crippen LogP contribution in [0.1, 0.15) is 17.0 Å². The number of aromatic nitrogens is 3. The molecule has 0 aliphatic carbocycles. The van der Waals surface area contributed by atoms with Crippen molar-refractivity contribution in [3.8, 4) is 5.82 Å². The highest BCUT2D eigenvalue weighted by Gasteiger charge is 2.16. The Hall–Kier alpha value is -1.27. The summed E-state index contributed by atoms with van der Waals surface area (Å²) < 4.78 is 16.4. The molecule has 0 amide bonds. The largest absolute Gasteiger partial charge is 0.326 e. The summed E-state index contributed by atoms with van der Waals surface area (Å²) in [5.74, 6) is -0.243. The van der Waals surface area contributed by atoms with Gasteiger partial charge in [-0.25, -0.2) is 14.1 Å². The van der Waals surface area contributed by atoms with Gasteiger partial charge in [0.15, 0.2) is 11.6 Å². The van der Waals surface area contributed by atoms with E-state index < -0.39 is 5.82 Å². The van der Waals surface area contributed by atoms with Crippen LogP contribution < -0.4 is 5.73 Å². The summed E-state index contributed by atoms with van der Waals surface area (Å²) in [6.45, 7) is 3.83. The average Bonchev–Trinajstić information content (AvgIpc) is 2.57. The molecule has 17 heavy (non-hydrogen) atoms. The second-order valence-electron chi connectivity index (χ2n) is 3.71. The SMILES string of the molecule is Cc1nn(-c2nccc(CN)c2F)c(C)c1Br. The van der Waals surface area contributed by atoms with Crippen LogP contribution in [0.15, 0.2) is 16.7 Å². The van der Waals surface area contributed by atoms with E-state index in [4.69, 9.17) is 5.73 Å². The van der Waals surface area contributed by atoms with E-state index in [2.05, 4.69) is 26.0 Å². The van der Waals surface area contributed by atoms with Gasteiger partial charge < -0.3 is 5.73 Å². The number of aryl methyl sites for hydroxylation is 1. The molecule has 0 saturated carbocycles. The molecule has 0 bridgehead atoms. The molecule has 2 aromatic heterocycles. The van der Waals surface area contributed by atoms with Crippen LogP contribution in [0.3, 0.4) is 0 Å². The molecule has 0 spiro atoms. The molecule has 6 heteroatoms. The Kier molecular flexibility index (Phi) is 3.26. The molecule has 0 aromatic carbocycles. The lowest BCUT2D eigenvalue weighted by Gasteiger charge is -2.07. The minimum atomic E-state index is -0.423. The van der Waals surface area contributed by atoms with Crippen LogP contribution in [0.5, 0.6) is 0 Å². The molecule has 90 valence electrons. The number of hydrogen-bond acceptors (Lipinski definition) is 3. The van der Waals surface area contributed by atoms with Gasteiger partial charge in [0.2, 0.25) is 0 Å². The van der Waals surface area contributed by atoms with Crippen molar-refractivity contribution in [2.45, 2.75) is 20.4 Å². The Morgan fingerprint density at radius 2 is 2.18 bits per heavy atom. The number of halogens is 2. The normalized spacial score (nSPS) is 10.9. The molecule has 4 nitrogen and oxygen atoms in total. The quantitative estimate of drug-likeness (QED) is 0.925. The van der Waals surface area contributed by atoms with Gasteiger partial charge in [0.1, 0.15) is 0 Å². The Morgan fingerprint density at radius 1 is 1.47 bits per heavy atom. The molecule has 2 N–H and O–H groups in total. The van der Waals surface area contributed by atoms with E-state index in [1.807, 2.05) is 13.8 Å². The van der Waals surface area contributed by atoms with E-state index in [1.165, 1.54) is 10.9 Å². The Bertz CT molecular complexity index is 565. The van der Waals surface area contributed by atoms with Gasteiger partial charge in [0.25, 0.3) is 0 Å². The lowest BCUT2D eigenvalue weighted by atomic mass is 10.2. The highest BCUT2D eigenvalue weighted by Crippen LogP contribution is 2.23. The third-order valence-corrected chi connectivity index (χ3v) is 3.72. The first-order valence-electron chi connectivity index (χ1n) is 5.11. The lowest BCUT2D eigenvalue weighted by molar-refractivity contribution is 0.582. The molecule has 0 saturated heterocycles. The topological polar surface area (TPSA) is 56.7 Å². The number of nitrogens with zero attached hydrogens (tertiary/aromatic N) is 3. The first-order valence-corrected chi connectivity index (χ1v) is 5.91. The maximum Gasteiger partial charge on any atom is 0.190 e. The van der Waals surface area contributed by atoms with Gasteiger partial charge in [-0.1, -0.05) is 0 Å². The van der Waals surface area contributed by atoms with Crippen molar-refractivity contribution in [3.63, 3.8) is 0 Å². The van der Waals surface area contributed by atoms with Gasteiger partial charge in [0, 0.05) is 18.3 Å². The molecular weight excluding hydrogens is 287 g/mol. The first kappa shape index (κ1) is 12.2.